The van der Waals surface area contributed by atoms with Crippen molar-refractivity contribution in [1.29, 1.82) is 0 Å². The molecule has 1 rings (SSSR count). The summed E-state index contributed by atoms with van der Waals surface area (Å²) in [5.74, 6) is -5.14. The van der Waals surface area contributed by atoms with Crippen LogP contribution < -0.4 is 27.4 Å². The van der Waals surface area contributed by atoms with Crippen molar-refractivity contribution in [1.82, 2.24) is 16.0 Å². The van der Waals surface area contributed by atoms with E-state index in [-0.39, 0.29) is 17.9 Å². The normalized spacial score (nSPS) is 15.2. The molecule has 4 amide bonds. The summed E-state index contributed by atoms with van der Waals surface area (Å²) < 4.78 is 0. The number of carboxylic acid groups (broad SMARTS) is 1. The van der Waals surface area contributed by atoms with Gasteiger partial charge < -0.3 is 42.7 Å². The Morgan fingerprint density at radius 1 is 0.971 bits per heavy atom. The Morgan fingerprint density at radius 3 is 1.97 bits per heavy atom. The summed E-state index contributed by atoms with van der Waals surface area (Å²) in [5.41, 5.74) is 11.2. The highest BCUT2D eigenvalue weighted by Crippen LogP contribution is 2.12. The Kier molecular flexibility index (Phi) is 11.3. The molecule has 188 valence electrons. The molecule has 0 heterocycles. The van der Waals surface area contributed by atoms with Crippen molar-refractivity contribution in [3.05, 3.63) is 29.8 Å². The summed E-state index contributed by atoms with van der Waals surface area (Å²) in [6.07, 6.45) is -1.95. The maximum atomic E-state index is 12.9. The van der Waals surface area contributed by atoms with E-state index in [1.54, 1.807) is 0 Å². The molecule has 1 aromatic rings. The summed E-state index contributed by atoms with van der Waals surface area (Å²) in [7, 11) is 0. The van der Waals surface area contributed by atoms with E-state index >= 15 is 0 Å². The standard InChI is InChI=1S/C20H29N5O8S/c1-9(26)16(20(32)33)25-19(31)14(8-34)24-18(30)13(6-10-2-4-11(27)5-3-10)23-17(29)12(21)7-15(22)28/h2-5,9,12-14,16,26-27,34H,6-8,21H2,1H3,(H2,22,28)(H,23,29)(H,24,30)(H,25,31)(H,32,33). The van der Waals surface area contributed by atoms with Gasteiger partial charge in [0.1, 0.15) is 17.8 Å². The van der Waals surface area contributed by atoms with Crippen molar-refractivity contribution in [3.8, 4) is 5.75 Å². The molecular formula is C20H29N5O8S. The third-order valence-corrected chi connectivity index (χ3v) is 4.99. The number of carbonyl (C=O) groups is 5. The van der Waals surface area contributed by atoms with Crippen LogP contribution in [-0.4, -0.2) is 80.9 Å². The number of aliphatic hydroxyl groups excluding tert-OH is 1. The third-order valence-electron chi connectivity index (χ3n) is 4.63. The summed E-state index contributed by atoms with van der Waals surface area (Å²) in [6, 6.07) is 0.244. The molecule has 0 aliphatic heterocycles. The Balaban J connectivity index is 3.03. The molecule has 0 spiro atoms. The van der Waals surface area contributed by atoms with Crippen molar-refractivity contribution in [2.45, 2.75) is 50.0 Å². The first-order chi connectivity index (χ1) is 15.8. The molecule has 13 nitrogen and oxygen atoms in total. The molecule has 10 N–H and O–H groups in total. The molecule has 14 heteroatoms. The van der Waals surface area contributed by atoms with E-state index in [0.717, 1.165) is 0 Å². The number of hydrogen-bond acceptors (Lipinski definition) is 9. The monoisotopic (exact) mass is 499 g/mol. The molecule has 0 fully saturated rings. The molecule has 0 saturated carbocycles. The van der Waals surface area contributed by atoms with Gasteiger partial charge in [-0.15, -0.1) is 0 Å². The number of carboxylic acids is 1. The summed E-state index contributed by atoms with van der Waals surface area (Å²) in [5, 5.41) is 35.0. The van der Waals surface area contributed by atoms with Gasteiger partial charge in [-0.1, -0.05) is 12.1 Å². The number of benzene rings is 1. The van der Waals surface area contributed by atoms with Gasteiger partial charge >= 0.3 is 5.97 Å². The molecule has 5 unspecified atom stereocenters. The zero-order valence-corrected chi connectivity index (χ0v) is 19.2. The predicted molar refractivity (Wildman–Crippen MR) is 123 cm³/mol. The van der Waals surface area contributed by atoms with Crippen molar-refractivity contribution >= 4 is 42.2 Å². The average molecular weight is 500 g/mol. The second kappa shape index (κ2) is 13.4. The van der Waals surface area contributed by atoms with Gasteiger partial charge in [0, 0.05) is 12.2 Å². The number of rotatable bonds is 13. The molecule has 0 radical (unpaired) electrons. The quantitative estimate of drug-likeness (QED) is 0.125. The molecule has 5 atom stereocenters. The minimum absolute atomic E-state index is 0.0184. The highest BCUT2D eigenvalue weighted by atomic mass is 32.1. The third kappa shape index (κ3) is 9.25. The number of aromatic hydroxyl groups is 1. The van der Waals surface area contributed by atoms with E-state index in [2.05, 4.69) is 28.6 Å². The second-order valence-electron chi connectivity index (χ2n) is 7.52. The Labute approximate surface area is 200 Å². The molecule has 1 aromatic carbocycles. The fourth-order valence-corrected chi connectivity index (χ4v) is 3.03. The minimum Gasteiger partial charge on any atom is -0.508 e. The minimum atomic E-state index is -1.62. The van der Waals surface area contributed by atoms with E-state index in [1.165, 1.54) is 31.2 Å². The maximum Gasteiger partial charge on any atom is 0.328 e. The Bertz CT molecular complexity index is 895. The van der Waals surface area contributed by atoms with Gasteiger partial charge in [0.05, 0.1) is 18.6 Å². The topological polar surface area (TPSA) is 234 Å². The van der Waals surface area contributed by atoms with Gasteiger partial charge in [-0.2, -0.15) is 12.6 Å². The van der Waals surface area contributed by atoms with Crippen LogP contribution in [0.3, 0.4) is 0 Å². The van der Waals surface area contributed by atoms with Crippen LogP contribution in [0, 0.1) is 0 Å². The molecule has 34 heavy (non-hydrogen) atoms. The Hall–Kier alpha value is -3.36. The highest BCUT2D eigenvalue weighted by molar-refractivity contribution is 7.80. The zero-order chi connectivity index (χ0) is 26.0. The number of aliphatic hydroxyl groups is 1. The van der Waals surface area contributed by atoms with Crippen LogP contribution in [0.4, 0.5) is 0 Å². The van der Waals surface area contributed by atoms with E-state index in [1.807, 2.05) is 0 Å². The van der Waals surface area contributed by atoms with E-state index in [4.69, 9.17) is 16.6 Å². The lowest BCUT2D eigenvalue weighted by molar-refractivity contribution is -0.145. The molecule has 0 saturated heterocycles. The van der Waals surface area contributed by atoms with Crippen LogP contribution in [0.1, 0.15) is 18.9 Å². The molecular weight excluding hydrogens is 470 g/mol. The van der Waals surface area contributed by atoms with Crippen LogP contribution in [0.15, 0.2) is 24.3 Å². The van der Waals surface area contributed by atoms with Crippen LogP contribution in [0.5, 0.6) is 5.75 Å². The van der Waals surface area contributed by atoms with Crippen molar-refractivity contribution in [2.24, 2.45) is 11.5 Å². The van der Waals surface area contributed by atoms with Gasteiger partial charge in [-0.25, -0.2) is 4.79 Å². The predicted octanol–water partition coefficient (Wildman–Crippen LogP) is -3.01. The van der Waals surface area contributed by atoms with Crippen molar-refractivity contribution < 1.29 is 39.3 Å². The van der Waals surface area contributed by atoms with Crippen molar-refractivity contribution in [2.75, 3.05) is 5.75 Å². The average Bonchev–Trinajstić information content (AvgIpc) is 2.75. The summed E-state index contributed by atoms with van der Waals surface area (Å²) >= 11 is 4.00. The number of phenolic OH excluding ortho intramolecular Hbond substituents is 1. The van der Waals surface area contributed by atoms with E-state index in [0.29, 0.717) is 5.56 Å². The maximum absolute atomic E-state index is 12.9. The number of amides is 4. The van der Waals surface area contributed by atoms with Crippen LogP contribution in [-0.2, 0) is 30.4 Å². The highest BCUT2D eigenvalue weighted by Gasteiger charge is 2.31. The fourth-order valence-electron chi connectivity index (χ4n) is 2.77. The first-order valence-electron chi connectivity index (χ1n) is 10.1. The van der Waals surface area contributed by atoms with Crippen LogP contribution in [0.25, 0.3) is 0 Å². The molecule has 0 bridgehead atoms. The number of primary amides is 1. The molecule has 0 aromatic heterocycles. The summed E-state index contributed by atoms with van der Waals surface area (Å²) in [6.45, 7) is 1.17. The van der Waals surface area contributed by atoms with Crippen LogP contribution >= 0.6 is 12.6 Å². The van der Waals surface area contributed by atoms with Gasteiger partial charge in [0.15, 0.2) is 6.04 Å². The number of hydrogen-bond donors (Lipinski definition) is 9. The van der Waals surface area contributed by atoms with Gasteiger partial charge in [-0.05, 0) is 24.6 Å². The van der Waals surface area contributed by atoms with Gasteiger partial charge in [0.2, 0.25) is 23.6 Å². The summed E-state index contributed by atoms with van der Waals surface area (Å²) in [4.78, 5) is 60.0. The SMILES string of the molecule is CC(O)C(NC(=O)C(CS)NC(=O)C(Cc1ccc(O)cc1)NC(=O)C(N)CC(N)=O)C(=O)O. The molecule has 0 aliphatic carbocycles. The van der Waals surface area contributed by atoms with E-state index < -0.39 is 66.3 Å². The smallest absolute Gasteiger partial charge is 0.328 e. The number of phenols is 1. The lowest BCUT2D eigenvalue weighted by Gasteiger charge is -2.25. The molecule has 0 aliphatic rings. The fraction of sp³-hybridized carbons (Fsp3) is 0.450. The van der Waals surface area contributed by atoms with Crippen molar-refractivity contribution in [3.63, 3.8) is 0 Å². The van der Waals surface area contributed by atoms with Gasteiger partial charge in [0.25, 0.3) is 0 Å². The lowest BCUT2D eigenvalue weighted by atomic mass is 10.0. The lowest BCUT2D eigenvalue weighted by Crippen LogP contribution is -2.59. The number of thiol groups is 1. The second-order valence-corrected chi connectivity index (χ2v) is 7.88. The number of aliphatic carboxylic acids is 1. The van der Waals surface area contributed by atoms with Crippen LogP contribution in [0.2, 0.25) is 0 Å². The van der Waals surface area contributed by atoms with Gasteiger partial charge in [-0.3, -0.25) is 19.2 Å². The number of nitrogens with two attached hydrogens (primary N) is 2. The first kappa shape index (κ1) is 28.7. The number of nitrogens with one attached hydrogen (secondary N) is 3. The Morgan fingerprint density at radius 2 is 1.50 bits per heavy atom. The zero-order valence-electron chi connectivity index (χ0n) is 18.3. The first-order valence-corrected chi connectivity index (χ1v) is 10.7. The van der Waals surface area contributed by atoms with E-state index in [9.17, 15) is 34.2 Å². The largest absolute Gasteiger partial charge is 0.508 e. The number of carbonyl (C=O) groups excluding carboxylic acids is 4.